The standard InChI is InChI=1S/C31H21NO/c1-2-8-20(9-3-1)28-19-23(18-22-11-5-6-12-24(22)28)29-31-27(16-17-32-29)26-15-14-21-10-4-7-13-25(21)30(26)33-31/h1-13,16-19H,14-15H2. The molecule has 7 rings (SSSR count). The van der Waals surface area contributed by atoms with Crippen molar-refractivity contribution in [1.29, 1.82) is 0 Å². The maximum absolute atomic E-state index is 6.60. The summed E-state index contributed by atoms with van der Waals surface area (Å²) in [5.41, 5.74) is 9.16. The van der Waals surface area contributed by atoms with Gasteiger partial charge in [0.1, 0.15) is 11.5 Å². The molecule has 2 aromatic heterocycles. The average Bonchev–Trinajstić information content (AvgIpc) is 3.28. The van der Waals surface area contributed by atoms with Gasteiger partial charge in [-0.2, -0.15) is 0 Å². The van der Waals surface area contributed by atoms with Crippen molar-refractivity contribution in [2.75, 3.05) is 0 Å². The third-order valence-electron chi connectivity index (χ3n) is 6.83. The van der Waals surface area contributed by atoms with Gasteiger partial charge in [-0.3, -0.25) is 4.98 Å². The molecule has 1 aliphatic rings. The number of furan rings is 1. The van der Waals surface area contributed by atoms with Crippen molar-refractivity contribution >= 4 is 21.7 Å². The van der Waals surface area contributed by atoms with Crippen LogP contribution in [-0.2, 0) is 12.8 Å². The van der Waals surface area contributed by atoms with Crippen molar-refractivity contribution in [3.63, 3.8) is 0 Å². The number of nitrogens with zero attached hydrogens (tertiary/aromatic N) is 1. The van der Waals surface area contributed by atoms with E-state index in [1.807, 2.05) is 6.20 Å². The summed E-state index contributed by atoms with van der Waals surface area (Å²) in [5.74, 6) is 1.00. The number of aromatic nitrogens is 1. The van der Waals surface area contributed by atoms with Gasteiger partial charge in [-0.1, -0.05) is 78.9 Å². The van der Waals surface area contributed by atoms with Gasteiger partial charge >= 0.3 is 0 Å². The first-order chi connectivity index (χ1) is 16.4. The maximum Gasteiger partial charge on any atom is 0.161 e. The van der Waals surface area contributed by atoms with Crippen LogP contribution in [0.1, 0.15) is 11.1 Å². The Kier molecular flexibility index (Phi) is 4.00. The summed E-state index contributed by atoms with van der Waals surface area (Å²) in [5, 5.41) is 3.63. The fourth-order valence-corrected chi connectivity index (χ4v) is 5.27. The fraction of sp³-hybridized carbons (Fsp3) is 0.0645. The summed E-state index contributed by atoms with van der Waals surface area (Å²) in [6.07, 6.45) is 3.96. The molecule has 0 aliphatic heterocycles. The predicted molar refractivity (Wildman–Crippen MR) is 135 cm³/mol. The molecular formula is C31H21NO. The summed E-state index contributed by atoms with van der Waals surface area (Å²) in [7, 11) is 0. The van der Waals surface area contributed by atoms with Crippen LogP contribution >= 0.6 is 0 Å². The second kappa shape index (κ2) is 7.18. The molecule has 33 heavy (non-hydrogen) atoms. The smallest absolute Gasteiger partial charge is 0.161 e. The average molecular weight is 424 g/mol. The number of hydrogen-bond donors (Lipinski definition) is 0. The lowest BCUT2D eigenvalue weighted by Crippen LogP contribution is -2.01. The summed E-state index contributed by atoms with van der Waals surface area (Å²) >= 11 is 0. The highest BCUT2D eigenvalue weighted by atomic mass is 16.3. The molecule has 0 radical (unpaired) electrons. The highest BCUT2D eigenvalue weighted by Crippen LogP contribution is 2.43. The molecule has 0 bridgehead atoms. The van der Waals surface area contributed by atoms with Crippen molar-refractivity contribution in [3.05, 3.63) is 114 Å². The molecule has 2 heteroatoms. The molecule has 4 aromatic carbocycles. The van der Waals surface area contributed by atoms with Gasteiger partial charge in [0.15, 0.2) is 5.58 Å². The summed E-state index contributed by atoms with van der Waals surface area (Å²) in [6.45, 7) is 0. The van der Waals surface area contributed by atoms with E-state index in [1.54, 1.807) is 0 Å². The first-order valence-electron chi connectivity index (χ1n) is 11.4. The molecule has 0 atom stereocenters. The van der Waals surface area contributed by atoms with Crippen LogP contribution in [0.2, 0.25) is 0 Å². The Morgan fingerprint density at radius 2 is 1.45 bits per heavy atom. The summed E-state index contributed by atoms with van der Waals surface area (Å²) in [4.78, 5) is 4.82. The number of pyridine rings is 1. The molecule has 0 saturated heterocycles. The lowest BCUT2D eigenvalue weighted by Gasteiger charge is -2.14. The van der Waals surface area contributed by atoms with E-state index in [1.165, 1.54) is 44.0 Å². The second-order valence-electron chi connectivity index (χ2n) is 8.71. The fourth-order valence-electron chi connectivity index (χ4n) is 5.27. The van der Waals surface area contributed by atoms with Crippen LogP contribution in [0.3, 0.4) is 0 Å². The van der Waals surface area contributed by atoms with E-state index in [2.05, 4.69) is 97.1 Å². The third kappa shape index (κ3) is 2.84. The molecule has 0 unspecified atom stereocenters. The van der Waals surface area contributed by atoms with E-state index in [0.29, 0.717) is 0 Å². The zero-order valence-corrected chi connectivity index (χ0v) is 18.1. The lowest BCUT2D eigenvalue weighted by molar-refractivity contribution is 0.621. The third-order valence-corrected chi connectivity index (χ3v) is 6.83. The van der Waals surface area contributed by atoms with Gasteiger partial charge < -0.3 is 4.42 Å². The predicted octanol–water partition coefficient (Wildman–Crippen LogP) is 8.08. The van der Waals surface area contributed by atoms with Gasteiger partial charge in [-0.25, -0.2) is 0 Å². The first-order valence-corrected chi connectivity index (χ1v) is 11.4. The first kappa shape index (κ1) is 18.4. The number of benzene rings is 4. The summed E-state index contributed by atoms with van der Waals surface area (Å²) < 4.78 is 6.60. The van der Waals surface area contributed by atoms with Gasteiger partial charge in [0.25, 0.3) is 0 Å². The Hall–Kier alpha value is -4.17. The second-order valence-corrected chi connectivity index (χ2v) is 8.71. The van der Waals surface area contributed by atoms with Gasteiger partial charge in [0.2, 0.25) is 0 Å². The minimum absolute atomic E-state index is 0.883. The maximum atomic E-state index is 6.60. The Balaban J connectivity index is 1.50. The van der Waals surface area contributed by atoms with Crippen LogP contribution in [0.25, 0.3) is 55.4 Å². The normalized spacial score (nSPS) is 12.6. The van der Waals surface area contributed by atoms with Gasteiger partial charge in [0.05, 0.1) is 0 Å². The van der Waals surface area contributed by atoms with Crippen molar-refractivity contribution in [2.45, 2.75) is 12.8 Å². The molecule has 156 valence electrons. The molecule has 0 N–H and O–H groups in total. The Morgan fingerprint density at radius 3 is 2.39 bits per heavy atom. The number of fused-ring (bicyclic) bond motifs is 6. The quantitative estimate of drug-likeness (QED) is 0.281. The Bertz CT molecular complexity index is 1660. The molecule has 2 nitrogen and oxygen atoms in total. The van der Waals surface area contributed by atoms with Crippen molar-refractivity contribution in [3.8, 4) is 33.7 Å². The van der Waals surface area contributed by atoms with Gasteiger partial charge in [-0.05, 0) is 58.5 Å². The van der Waals surface area contributed by atoms with E-state index < -0.39 is 0 Å². The molecule has 0 amide bonds. The minimum atomic E-state index is 0.883. The number of hydrogen-bond acceptors (Lipinski definition) is 2. The minimum Gasteiger partial charge on any atom is -0.453 e. The topological polar surface area (TPSA) is 26.0 Å². The monoisotopic (exact) mass is 423 g/mol. The van der Waals surface area contributed by atoms with E-state index in [9.17, 15) is 0 Å². The van der Waals surface area contributed by atoms with Crippen molar-refractivity contribution in [1.82, 2.24) is 4.98 Å². The molecule has 6 aromatic rings. The zero-order chi connectivity index (χ0) is 21.8. The van der Waals surface area contributed by atoms with Gasteiger partial charge in [-0.15, -0.1) is 0 Å². The zero-order valence-electron chi connectivity index (χ0n) is 18.1. The highest BCUT2D eigenvalue weighted by molar-refractivity contribution is 6.03. The van der Waals surface area contributed by atoms with E-state index >= 15 is 0 Å². The van der Waals surface area contributed by atoms with E-state index in [0.717, 1.165) is 35.4 Å². The van der Waals surface area contributed by atoms with E-state index in [4.69, 9.17) is 9.40 Å². The molecule has 2 heterocycles. The summed E-state index contributed by atoms with van der Waals surface area (Å²) in [6, 6.07) is 34.3. The van der Waals surface area contributed by atoms with Gasteiger partial charge in [0, 0.05) is 28.3 Å². The van der Waals surface area contributed by atoms with Crippen LogP contribution in [0.4, 0.5) is 0 Å². The molecule has 1 aliphatic carbocycles. The Morgan fingerprint density at radius 1 is 0.636 bits per heavy atom. The van der Waals surface area contributed by atoms with E-state index in [-0.39, 0.29) is 0 Å². The van der Waals surface area contributed by atoms with Crippen LogP contribution in [-0.4, -0.2) is 4.98 Å². The Labute approximate surface area is 192 Å². The van der Waals surface area contributed by atoms with Crippen LogP contribution in [0.5, 0.6) is 0 Å². The largest absolute Gasteiger partial charge is 0.453 e. The van der Waals surface area contributed by atoms with Crippen molar-refractivity contribution < 1.29 is 4.42 Å². The highest BCUT2D eigenvalue weighted by Gasteiger charge is 2.24. The molecular weight excluding hydrogens is 402 g/mol. The number of rotatable bonds is 2. The molecule has 0 saturated carbocycles. The molecule has 0 spiro atoms. The number of aryl methyl sites for hydroxylation is 2. The SMILES string of the molecule is c1ccc(-c2cc(-c3nccc4c5c(oc34)-c3ccccc3CC5)cc3ccccc23)cc1. The van der Waals surface area contributed by atoms with Crippen molar-refractivity contribution in [2.24, 2.45) is 0 Å². The van der Waals surface area contributed by atoms with Crippen LogP contribution in [0, 0.1) is 0 Å². The lowest BCUT2D eigenvalue weighted by atomic mass is 9.89. The van der Waals surface area contributed by atoms with Crippen LogP contribution < -0.4 is 0 Å². The van der Waals surface area contributed by atoms with Crippen LogP contribution in [0.15, 0.2) is 108 Å². The molecule has 0 fully saturated rings.